The quantitative estimate of drug-likeness (QED) is 0.412. The topological polar surface area (TPSA) is 147 Å². The number of carbonyl (C=O) groups is 4. The number of nitrogens with zero attached hydrogens (tertiary/aromatic N) is 2. The van der Waals surface area contributed by atoms with Crippen LogP contribution < -0.4 is 15.4 Å². The van der Waals surface area contributed by atoms with Gasteiger partial charge in [0.05, 0.1) is 13.2 Å². The molecule has 43 heavy (non-hydrogen) atoms. The number of unbranched alkanes of at least 4 members (excludes halogenated alkanes) is 1. The molecule has 0 spiro atoms. The molecule has 1 aliphatic carbocycles. The van der Waals surface area contributed by atoms with Gasteiger partial charge in [-0.2, -0.15) is 0 Å². The van der Waals surface area contributed by atoms with Crippen molar-refractivity contribution in [1.82, 2.24) is 20.5 Å². The molecule has 3 N–H and O–H groups in total. The molecule has 1 saturated carbocycles. The zero-order valence-electron chi connectivity index (χ0n) is 24.5. The van der Waals surface area contributed by atoms with Crippen molar-refractivity contribution in [2.45, 2.75) is 88.4 Å². The van der Waals surface area contributed by atoms with Gasteiger partial charge in [0.25, 0.3) is 0 Å². The fraction of sp³-hybridized carbons (Fsp3) is 0.531. The zero-order chi connectivity index (χ0) is 30.6. The molecule has 2 fully saturated rings. The molecule has 3 amide bonds. The van der Waals surface area contributed by atoms with Gasteiger partial charge < -0.3 is 30.1 Å². The van der Waals surface area contributed by atoms with Gasteiger partial charge in [-0.15, -0.1) is 6.58 Å². The summed E-state index contributed by atoms with van der Waals surface area (Å²) in [5, 5.41) is 17.1. The Kier molecular flexibility index (Phi) is 9.17. The summed E-state index contributed by atoms with van der Waals surface area (Å²) in [5.41, 5.74) is -0.319. The Hall–Kier alpha value is -4.15. The summed E-state index contributed by atoms with van der Waals surface area (Å²) >= 11 is 0. The molecule has 0 radical (unpaired) electrons. The van der Waals surface area contributed by atoms with Crippen LogP contribution in [-0.2, 0) is 25.5 Å². The molecule has 3 aliphatic rings. The molecular formula is C32H40N4O7. The molecule has 230 valence electrons. The number of benzene rings is 1. The van der Waals surface area contributed by atoms with E-state index in [-0.39, 0.29) is 26.0 Å². The number of aromatic nitrogens is 1. The number of nitrogens with one attached hydrogen (secondary N) is 2. The zero-order valence-corrected chi connectivity index (χ0v) is 24.5. The number of hydrogen-bond donors (Lipinski definition) is 3. The maximum atomic E-state index is 14.0. The number of ether oxygens (including phenoxy) is 2. The van der Waals surface area contributed by atoms with Gasteiger partial charge in [-0.1, -0.05) is 38.0 Å². The Morgan fingerprint density at radius 2 is 2.09 bits per heavy atom. The maximum Gasteiger partial charge on any atom is 0.407 e. The molecule has 2 aromatic rings. The van der Waals surface area contributed by atoms with E-state index in [1.165, 1.54) is 11.0 Å². The van der Waals surface area contributed by atoms with Crippen LogP contribution >= 0.6 is 0 Å². The lowest BCUT2D eigenvalue weighted by atomic mass is 10.0. The number of carbonyl (C=O) groups excluding carboxylic acids is 3. The van der Waals surface area contributed by atoms with E-state index < -0.39 is 53.5 Å². The van der Waals surface area contributed by atoms with Crippen LogP contribution in [-0.4, -0.2) is 75.7 Å². The molecule has 1 aromatic heterocycles. The van der Waals surface area contributed by atoms with Crippen LogP contribution in [0.1, 0.15) is 63.9 Å². The average Bonchev–Trinajstić information content (AvgIpc) is 3.56. The van der Waals surface area contributed by atoms with Crippen molar-refractivity contribution < 1.29 is 33.8 Å². The number of pyridine rings is 1. The molecule has 5 rings (SSSR count). The summed E-state index contributed by atoms with van der Waals surface area (Å²) < 4.78 is 11.8. The molecule has 1 aromatic carbocycles. The molecule has 1 saturated heterocycles. The third-order valence-electron chi connectivity index (χ3n) is 8.73. The first-order valence-electron chi connectivity index (χ1n) is 15.2. The number of hydrogen-bond acceptors (Lipinski definition) is 7. The lowest BCUT2D eigenvalue weighted by molar-refractivity contribution is -0.145. The van der Waals surface area contributed by atoms with Crippen LogP contribution in [0.25, 0.3) is 10.8 Å². The third kappa shape index (κ3) is 6.60. The Morgan fingerprint density at radius 1 is 1.26 bits per heavy atom. The fourth-order valence-corrected chi connectivity index (χ4v) is 6.11. The summed E-state index contributed by atoms with van der Waals surface area (Å²) in [7, 11) is 0. The number of alkyl carbamates (subject to hydrolysis) is 1. The highest BCUT2D eigenvalue weighted by atomic mass is 16.5. The predicted molar refractivity (Wildman–Crippen MR) is 158 cm³/mol. The molecule has 11 heteroatoms. The minimum absolute atomic E-state index is 0.0684. The predicted octanol–water partition coefficient (Wildman–Crippen LogP) is 3.74. The van der Waals surface area contributed by atoms with E-state index in [9.17, 15) is 24.3 Å². The highest BCUT2D eigenvalue weighted by Crippen LogP contribution is 2.45. The number of amides is 3. The molecule has 5 atom stereocenters. The van der Waals surface area contributed by atoms with E-state index in [0.717, 1.165) is 42.0 Å². The van der Waals surface area contributed by atoms with E-state index in [4.69, 9.17) is 9.47 Å². The van der Waals surface area contributed by atoms with Crippen LogP contribution in [0.3, 0.4) is 0 Å². The second-order valence-electron chi connectivity index (χ2n) is 11.8. The van der Waals surface area contributed by atoms with Crippen LogP contribution in [0.2, 0.25) is 0 Å². The van der Waals surface area contributed by atoms with Crippen molar-refractivity contribution in [1.29, 1.82) is 0 Å². The van der Waals surface area contributed by atoms with Gasteiger partial charge in [0.15, 0.2) is 0 Å². The number of rotatable bonds is 7. The second kappa shape index (κ2) is 13.0. The number of aryl methyl sites for hydroxylation is 1. The second-order valence-corrected chi connectivity index (χ2v) is 11.8. The Labute approximate surface area is 251 Å². The van der Waals surface area contributed by atoms with E-state index >= 15 is 0 Å². The lowest BCUT2D eigenvalue weighted by Gasteiger charge is -2.29. The smallest absolute Gasteiger partial charge is 0.407 e. The van der Waals surface area contributed by atoms with Crippen molar-refractivity contribution in [3.63, 3.8) is 0 Å². The first-order chi connectivity index (χ1) is 20.8. The summed E-state index contributed by atoms with van der Waals surface area (Å²) in [6.07, 6.45) is 7.46. The van der Waals surface area contributed by atoms with Gasteiger partial charge in [-0.25, -0.2) is 14.6 Å². The molecule has 11 nitrogen and oxygen atoms in total. The van der Waals surface area contributed by atoms with E-state index in [1.807, 2.05) is 19.1 Å². The molecular weight excluding hydrogens is 552 g/mol. The van der Waals surface area contributed by atoms with Crippen LogP contribution in [0.5, 0.6) is 5.88 Å². The third-order valence-corrected chi connectivity index (χ3v) is 8.73. The van der Waals surface area contributed by atoms with Gasteiger partial charge in [-0.05, 0) is 61.6 Å². The van der Waals surface area contributed by atoms with Crippen molar-refractivity contribution in [3.05, 3.63) is 48.7 Å². The van der Waals surface area contributed by atoms with Gasteiger partial charge >= 0.3 is 12.1 Å². The van der Waals surface area contributed by atoms with E-state index in [1.54, 1.807) is 6.20 Å². The number of aliphatic carboxylic acids is 1. The lowest BCUT2D eigenvalue weighted by Crippen LogP contribution is -2.56. The standard InChI is InChI=1S/C32H40N4O7/c1-3-5-10-25-29(38)36-19-23(17-26(36)27(37)35-32(30(39)40)18-22(32)4-2)43-28-24-16-20(11-12-21(24)13-14-33-28)9-7-6-8-15-42-31(41)34-25/h4,11-14,16,22-23,25-26H,2-3,5-10,15,17-19H2,1H3,(H,34,41)(H,35,37)(H,39,40)/t22?,23-,25+,26+,32-/m1/s1. The summed E-state index contributed by atoms with van der Waals surface area (Å²) in [6.45, 7) is 5.98. The minimum atomic E-state index is -1.45. The number of cyclic esters (lactones) is 1. The highest BCUT2D eigenvalue weighted by Gasteiger charge is 2.61. The Morgan fingerprint density at radius 3 is 2.84 bits per heavy atom. The monoisotopic (exact) mass is 592 g/mol. The van der Waals surface area contributed by atoms with Crippen LogP contribution in [0.15, 0.2) is 43.1 Å². The summed E-state index contributed by atoms with van der Waals surface area (Å²) in [5.74, 6) is -2.16. The average molecular weight is 593 g/mol. The summed E-state index contributed by atoms with van der Waals surface area (Å²) in [6, 6.07) is 6.17. The fourth-order valence-electron chi connectivity index (χ4n) is 6.11. The summed E-state index contributed by atoms with van der Waals surface area (Å²) in [4.78, 5) is 58.4. The normalized spacial score (nSPS) is 27.8. The van der Waals surface area contributed by atoms with Gasteiger partial charge in [-0.3, -0.25) is 9.59 Å². The molecule has 2 aliphatic heterocycles. The number of carboxylic acids is 1. The first kappa shape index (κ1) is 30.3. The van der Waals surface area contributed by atoms with Crippen LogP contribution in [0, 0.1) is 5.92 Å². The molecule has 1 unspecified atom stereocenters. The van der Waals surface area contributed by atoms with Crippen molar-refractivity contribution in [2.24, 2.45) is 5.92 Å². The Balaban J connectivity index is 1.47. The van der Waals surface area contributed by atoms with Crippen molar-refractivity contribution >= 4 is 34.6 Å². The SMILES string of the molecule is C=CC1C[C@]1(NC(=O)[C@@H]1C[C@@H]2CN1C(=O)[C@H](CCCC)NC(=O)OCCCCCc1ccc3ccnc(c3c1)O2)C(=O)O. The minimum Gasteiger partial charge on any atom is -0.479 e. The van der Waals surface area contributed by atoms with Gasteiger partial charge in [0, 0.05) is 23.9 Å². The van der Waals surface area contributed by atoms with Gasteiger partial charge in [0.1, 0.15) is 23.7 Å². The Bertz CT molecular complexity index is 1400. The van der Waals surface area contributed by atoms with Crippen LogP contribution in [0.4, 0.5) is 4.79 Å². The highest BCUT2D eigenvalue weighted by molar-refractivity contribution is 5.96. The van der Waals surface area contributed by atoms with E-state index in [0.29, 0.717) is 25.1 Å². The van der Waals surface area contributed by atoms with Crippen molar-refractivity contribution in [2.75, 3.05) is 13.2 Å². The largest absolute Gasteiger partial charge is 0.479 e. The van der Waals surface area contributed by atoms with Gasteiger partial charge in [0.2, 0.25) is 17.7 Å². The van der Waals surface area contributed by atoms with Crippen molar-refractivity contribution in [3.8, 4) is 5.88 Å². The first-order valence-corrected chi connectivity index (χ1v) is 15.2. The number of fused-ring (bicyclic) bond motifs is 3. The molecule has 3 heterocycles. The van der Waals surface area contributed by atoms with E-state index in [2.05, 4.69) is 34.3 Å². The maximum absolute atomic E-state index is 14.0. The molecule has 4 bridgehead atoms. The number of carboxylic acid groups (broad SMARTS) is 1.